The summed E-state index contributed by atoms with van der Waals surface area (Å²) in [4.78, 5) is 14.3. The summed E-state index contributed by atoms with van der Waals surface area (Å²) in [6, 6.07) is 13.5. The summed E-state index contributed by atoms with van der Waals surface area (Å²) in [6.45, 7) is 2.01. The first-order chi connectivity index (χ1) is 12.6. The summed E-state index contributed by atoms with van der Waals surface area (Å²) < 4.78 is 6.80. The molecule has 0 amide bonds. The molecule has 2 N–H and O–H groups in total. The molecular formula is C20H19NO3S2. The highest BCUT2D eigenvalue weighted by atomic mass is 32.1. The normalized spacial score (nSPS) is 21.1. The van der Waals surface area contributed by atoms with Crippen LogP contribution in [-0.4, -0.2) is 30.3 Å². The number of hydrogen-bond acceptors (Lipinski definition) is 6. The van der Waals surface area contributed by atoms with Gasteiger partial charge in [-0.25, -0.2) is 4.79 Å². The van der Waals surface area contributed by atoms with Crippen molar-refractivity contribution in [3.8, 4) is 0 Å². The minimum Gasteiger partial charge on any atom is -0.460 e. The van der Waals surface area contributed by atoms with Crippen LogP contribution in [0.15, 0.2) is 47.8 Å². The molecular weight excluding hydrogens is 366 g/mol. The predicted molar refractivity (Wildman–Crippen MR) is 104 cm³/mol. The number of benzene rings is 1. The Hall–Kier alpha value is -1.73. The molecule has 1 saturated heterocycles. The summed E-state index contributed by atoms with van der Waals surface area (Å²) in [5, 5.41) is 17.7. The van der Waals surface area contributed by atoms with Crippen molar-refractivity contribution in [3.63, 3.8) is 0 Å². The maximum atomic E-state index is 13.1. The van der Waals surface area contributed by atoms with Gasteiger partial charge in [-0.15, -0.1) is 22.7 Å². The van der Waals surface area contributed by atoms with E-state index in [4.69, 9.17) is 4.74 Å². The molecule has 5 rings (SSSR count). The van der Waals surface area contributed by atoms with Gasteiger partial charge in [0.15, 0.2) is 0 Å². The fourth-order valence-corrected chi connectivity index (χ4v) is 6.01. The smallest absolute Gasteiger partial charge is 0.349 e. The van der Waals surface area contributed by atoms with Gasteiger partial charge in [-0.05, 0) is 41.8 Å². The zero-order valence-corrected chi connectivity index (χ0v) is 15.7. The van der Waals surface area contributed by atoms with Crippen LogP contribution in [0.5, 0.6) is 0 Å². The van der Waals surface area contributed by atoms with Crippen molar-refractivity contribution in [2.75, 3.05) is 13.1 Å². The Balaban J connectivity index is 1.47. The Morgan fingerprint density at radius 2 is 2.00 bits per heavy atom. The molecule has 3 aromatic rings. The summed E-state index contributed by atoms with van der Waals surface area (Å²) in [5.41, 5.74) is -1.41. The Labute approximate surface area is 159 Å². The van der Waals surface area contributed by atoms with Crippen LogP contribution < -0.4 is 5.32 Å². The van der Waals surface area contributed by atoms with Crippen molar-refractivity contribution in [3.05, 3.63) is 57.6 Å². The molecule has 3 heterocycles. The second-order valence-corrected chi connectivity index (χ2v) is 9.41. The van der Waals surface area contributed by atoms with Crippen LogP contribution >= 0.6 is 22.7 Å². The van der Waals surface area contributed by atoms with Gasteiger partial charge in [0.05, 0.1) is 9.75 Å². The SMILES string of the molecule is O=C(OC1CC2(CNC2)C1)[C@@](O)(c1cccs1)c1cc2ccccc2s1. The van der Waals surface area contributed by atoms with Crippen LogP contribution in [-0.2, 0) is 15.1 Å². The highest BCUT2D eigenvalue weighted by Crippen LogP contribution is 2.47. The third-order valence-corrected chi connectivity index (χ3v) is 7.75. The lowest BCUT2D eigenvalue weighted by Crippen LogP contribution is -2.62. The maximum absolute atomic E-state index is 13.1. The lowest BCUT2D eigenvalue weighted by Gasteiger charge is -2.53. The number of nitrogens with one attached hydrogen (secondary N) is 1. The first kappa shape index (κ1) is 16.4. The maximum Gasteiger partial charge on any atom is 0.349 e. The molecule has 2 aliphatic rings. The van der Waals surface area contributed by atoms with E-state index in [0.717, 1.165) is 36.0 Å². The lowest BCUT2D eigenvalue weighted by atomic mass is 9.63. The van der Waals surface area contributed by atoms with Crippen LogP contribution in [0.1, 0.15) is 22.6 Å². The Morgan fingerprint density at radius 3 is 2.65 bits per heavy atom. The molecule has 1 saturated carbocycles. The molecule has 2 aromatic heterocycles. The quantitative estimate of drug-likeness (QED) is 0.675. The van der Waals surface area contributed by atoms with Gasteiger partial charge in [0.1, 0.15) is 6.10 Å². The first-order valence-electron chi connectivity index (χ1n) is 8.76. The van der Waals surface area contributed by atoms with Crippen LogP contribution in [0.2, 0.25) is 0 Å². The van der Waals surface area contributed by atoms with E-state index in [1.165, 1.54) is 22.7 Å². The van der Waals surface area contributed by atoms with Gasteiger partial charge in [-0.2, -0.15) is 0 Å². The van der Waals surface area contributed by atoms with E-state index in [1.54, 1.807) is 6.07 Å². The molecule has 134 valence electrons. The number of carbonyl (C=O) groups is 1. The minimum absolute atomic E-state index is 0.0922. The number of ether oxygens (including phenoxy) is 1. The third kappa shape index (κ3) is 2.44. The highest BCUT2D eigenvalue weighted by molar-refractivity contribution is 7.19. The lowest BCUT2D eigenvalue weighted by molar-refractivity contribution is -0.182. The van der Waals surface area contributed by atoms with E-state index >= 15 is 0 Å². The van der Waals surface area contributed by atoms with Crippen molar-refractivity contribution in [1.29, 1.82) is 0 Å². The number of fused-ring (bicyclic) bond motifs is 1. The van der Waals surface area contributed by atoms with Crippen LogP contribution in [0.25, 0.3) is 10.1 Å². The Morgan fingerprint density at radius 1 is 1.19 bits per heavy atom. The Kier molecular flexibility index (Phi) is 3.72. The largest absolute Gasteiger partial charge is 0.460 e. The predicted octanol–water partition coefficient (Wildman–Crippen LogP) is 3.49. The molecule has 1 aromatic carbocycles. The molecule has 1 spiro atoms. The van der Waals surface area contributed by atoms with Gasteiger partial charge < -0.3 is 15.2 Å². The van der Waals surface area contributed by atoms with Gasteiger partial charge in [0, 0.05) is 23.2 Å². The van der Waals surface area contributed by atoms with Crippen molar-refractivity contribution in [1.82, 2.24) is 5.32 Å². The van der Waals surface area contributed by atoms with Crippen molar-refractivity contribution < 1.29 is 14.6 Å². The Bertz CT molecular complexity index is 920. The summed E-state index contributed by atoms with van der Waals surface area (Å²) in [7, 11) is 0. The van der Waals surface area contributed by atoms with Crippen molar-refractivity contribution in [2.24, 2.45) is 5.41 Å². The number of carbonyl (C=O) groups excluding carboxylic acids is 1. The number of esters is 1. The van der Waals surface area contributed by atoms with E-state index < -0.39 is 11.6 Å². The van der Waals surface area contributed by atoms with Crippen molar-refractivity contribution in [2.45, 2.75) is 24.5 Å². The average molecular weight is 386 g/mol. The van der Waals surface area contributed by atoms with Gasteiger partial charge in [0.25, 0.3) is 0 Å². The molecule has 6 heteroatoms. The topological polar surface area (TPSA) is 58.6 Å². The second kappa shape index (κ2) is 5.89. The number of hydrogen-bond donors (Lipinski definition) is 2. The molecule has 1 atom stereocenters. The summed E-state index contributed by atoms with van der Waals surface area (Å²) >= 11 is 2.82. The van der Waals surface area contributed by atoms with E-state index in [1.807, 2.05) is 41.8 Å². The van der Waals surface area contributed by atoms with E-state index in [0.29, 0.717) is 15.2 Å². The van der Waals surface area contributed by atoms with E-state index in [2.05, 4.69) is 5.32 Å². The zero-order chi connectivity index (χ0) is 17.8. The van der Waals surface area contributed by atoms with E-state index in [9.17, 15) is 9.90 Å². The van der Waals surface area contributed by atoms with Crippen LogP contribution in [0.4, 0.5) is 0 Å². The van der Waals surface area contributed by atoms with Crippen molar-refractivity contribution >= 4 is 38.7 Å². The third-order valence-electron chi connectivity index (χ3n) is 5.55. The molecule has 1 aliphatic heterocycles. The fraction of sp³-hybridized carbons (Fsp3) is 0.350. The molecule has 4 nitrogen and oxygen atoms in total. The number of aliphatic hydroxyl groups is 1. The van der Waals surface area contributed by atoms with Gasteiger partial charge in [-0.3, -0.25) is 0 Å². The number of rotatable bonds is 4. The molecule has 0 unspecified atom stereocenters. The summed E-state index contributed by atoms with van der Waals surface area (Å²) in [6.07, 6.45) is 1.68. The first-order valence-corrected chi connectivity index (χ1v) is 10.5. The van der Waals surface area contributed by atoms with Gasteiger partial charge in [0.2, 0.25) is 5.60 Å². The molecule has 0 bridgehead atoms. The number of thiophene rings is 2. The summed E-state index contributed by atoms with van der Waals surface area (Å²) in [5.74, 6) is -0.557. The molecule has 1 aliphatic carbocycles. The standard InChI is InChI=1S/C20H19NO3S2/c22-18(24-14-9-19(10-14)11-21-12-19)20(23,16-6-3-7-25-16)17-8-13-4-1-2-5-15(13)26-17/h1-8,14,21,23H,9-12H2/t20-/m1/s1. The van der Waals surface area contributed by atoms with Crippen LogP contribution in [0, 0.1) is 5.41 Å². The fourth-order valence-electron chi connectivity index (χ4n) is 3.96. The zero-order valence-electron chi connectivity index (χ0n) is 14.1. The minimum atomic E-state index is -1.74. The molecule has 2 fully saturated rings. The van der Waals surface area contributed by atoms with Crippen LogP contribution in [0.3, 0.4) is 0 Å². The second-order valence-electron chi connectivity index (χ2n) is 7.38. The molecule has 26 heavy (non-hydrogen) atoms. The van der Waals surface area contributed by atoms with Gasteiger partial charge >= 0.3 is 5.97 Å². The highest BCUT2D eigenvalue weighted by Gasteiger charge is 2.52. The van der Waals surface area contributed by atoms with E-state index in [-0.39, 0.29) is 6.10 Å². The monoisotopic (exact) mass is 385 g/mol. The average Bonchev–Trinajstić information content (AvgIpc) is 3.24. The van der Waals surface area contributed by atoms with Gasteiger partial charge in [-0.1, -0.05) is 24.3 Å². The molecule has 0 radical (unpaired) electrons.